The van der Waals surface area contributed by atoms with Gasteiger partial charge in [-0.15, -0.1) is 0 Å². The summed E-state index contributed by atoms with van der Waals surface area (Å²) in [4.78, 5) is 8.78. The number of rotatable bonds is 3. The minimum Gasteiger partial charge on any atom is -0.457 e. The number of halogens is 4. The molecule has 0 spiro atoms. The van der Waals surface area contributed by atoms with Crippen molar-refractivity contribution in [1.29, 1.82) is 0 Å². The maximum atomic E-state index is 12.8. The summed E-state index contributed by atoms with van der Waals surface area (Å²) < 4.78 is 44.4. The van der Waals surface area contributed by atoms with Crippen molar-refractivity contribution in [3.8, 4) is 11.3 Å². The molecule has 0 N–H and O–H groups in total. The van der Waals surface area contributed by atoms with Gasteiger partial charge in [0.25, 0.3) is 0 Å². The largest absolute Gasteiger partial charge is 0.457 e. The molecule has 0 saturated carbocycles. The lowest BCUT2D eigenvalue weighted by Crippen LogP contribution is -2.11. The Labute approximate surface area is 170 Å². The second-order valence-corrected chi connectivity index (χ2v) is 7.05. The number of furan rings is 1. The van der Waals surface area contributed by atoms with Gasteiger partial charge in [-0.2, -0.15) is 13.2 Å². The van der Waals surface area contributed by atoms with Gasteiger partial charge in [0.05, 0.1) is 16.3 Å². The van der Waals surface area contributed by atoms with Crippen LogP contribution in [0.2, 0.25) is 5.02 Å². The van der Waals surface area contributed by atoms with Crippen molar-refractivity contribution in [2.24, 2.45) is 4.99 Å². The second kappa shape index (κ2) is 7.87. The lowest BCUT2D eigenvalue weighted by Gasteiger charge is -2.15. The third-order valence-electron chi connectivity index (χ3n) is 4.62. The van der Waals surface area contributed by atoms with Gasteiger partial charge in [-0.3, -0.25) is 9.98 Å². The fourth-order valence-electron chi connectivity index (χ4n) is 3.24. The monoisotopic (exact) mass is 416 g/mol. The zero-order valence-corrected chi connectivity index (χ0v) is 16.0. The van der Waals surface area contributed by atoms with E-state index in [0.29, 0.717) is 17.1 Å². The van der Waals surface area contributed by atoms with Gasteiger partial charge in [-0.1, -0.05) is 11.6 Å². The molecule has 0 amide bonds. The first kappa shape index (κ1) is 19.5. The number of nitrogens with zero attached hydrogens (tertiary/aromatic N) is 2. The van der Waals surface area contributed by atoms with Crippen molar-refractivity contribution >= 4 is 23.4 Å². The van der Waals surface area contributed by atoms with E-state index in [4.69, 9.17) is 16.0 Å². The van der Waals surface area contributed by atoms with Crippen LogP contribution in [0.1, 0.15) is 29.7 Å². The molecule has 29 heavy (non-hydrogen) atoms. The smallest absolute Gasteiger partial charge is 0.416 e. The highest BCUT2D eigenvalue weighted by Gasteiger charge is 2.31. The van der Waals surface area contributed by atoms with Crippen molar-refractivity contribution in [3.63, 3.8) is 0 Å². The molecule has 7 heteroatoms. The summed E-state index contributed by atoms with van der Waals surface area (Å²) in [7, 11) is 0. The second-order valence-electron chi connectivity index (χ2n) is 6.64. The van der Waals surface area contributed by atoms with Gasteiger partial charge in [-0.05, 0) is 67.0 Å². The molecule has 1 aliphatic heterocycles. The maximum Gasteiger partial charge on any atom is 0.416 e. The normalized spacial score (nSPS) is 16.1. The molecule has 0 atom stereocenters. The lowest BCUT2D eigenvalue weighted by atomic mass is 9.96. The van der Waals surface area contributed by atoms with E-state index < -0.39 is 11.7 Å². The zero-order valence-electron chi connectivity index (χ0n) is 15.2. The third-order valence-corrected chi connectivity index (χ3v) is 4.93. The highest BCUT2D eigenvalue weighted by Crippen LogP contribution is 2.36. The van der Waals surface area contributed by atoms with Crippen LogP contribution in [0.15, 0.2) is 69.8 Å². The quantitative estimate of drug-likeness (QED) is 0.477. The summed E-state index contributed by atoms with van der Waals surface area (Å²) in [6.45, 7) is 0.756. The van der Waals surface area contributed by atoms with E-state index in [1.807, 2.05) is 18.2 Å². The van der Waals surface area contributed by atoms with Crippen molar-refractivity contribution < 1.29 is 17.6 Å². The summed E-state index contributed by atoms with van der Waals surface area (Å²) in [6.07, 6.45) is 2.74. The number of alkyl halides is 3. The molecule has 1 aromatic carbocycles. The van der Waals surface area contributed by atoms with Gasteiger partial charge in [0.1, 0.15) is 11.5 Å². The Morgan fingerprint density at radius 2 is 1.97 bits per heavy atom. The van der Waals surface area contributed by atoms with Crippen LogP contribution in [-0.2, 0) is 6.18 Å². The average Bonchev–Trinajstić information content (AvgIpc) is 3.16. The molecule has 3 nitrogen and oxygen atoms in total. The molecule has 0 unspecified atom stereocenters. The molecule has 2 aromatic heterocycles. The summed E-state index contributed by atoms with van der Waals surface area (Å²) in [6, 6.07) is 10.5. The molecule has 4 rings (SSSR count). The van der Waals surface area contributed by atoms with Crippen LogP contribution in [-0.4, -0.2) is 17.2 Å². The molecule has 0 fully saturated rings. The minimum atomic E-state index is -4.44. The minimum absolute atomic E-state index is 0.0105. The third kappa shape index (κ3) is 4.27. The number of pyridine rings is 1. The number of hydrogen-bond acceptors (Lipinski definition) is 3. The van der Waals surface area contributed by atoms with Crippen LogP contribution >= 0.6 is 11.6 Å². The molecular formula is C22H16ClF3N2O. The van der Waals surface area contributed by atoms with Crippen molar-refractivity contribution in [2.45, 2.75) is 19.0 Å². The Hall–Kier alpha value is -2.86. The number of hydrogen-bond donors (Lipinski definition) is 0. The average molecular weight is 417 g/mol. The van der Waals surface area contributed by atoms with E-state index in [-0.39, 0.29) is 5.02 Å². The van der Waals surface area contributed by atoms with Crippen LogP contribution in [0.25, 0.3) is 17.4 Å². The van der Waals surface area contributed by atoms with E-state index in [9.17, 15) is 13.2 Å². The van der Waals surface area contributed by atoms with E-state index in [0.717, 1.165) is 48.4 Å². The highest BCUT2D eigenvalue weighted by atomic mass is 35.5. The Bertz CT molecular complexity index is 1080. The van der Waals surface area contributed by atoms with Gasteiger partial charge in [0.2, 0.25) is 0 Å². The van der Waals surface area contributed by atoms with Gasteiger partial charge in [0, 0.05) is 30.1 Å². The molecule has 148 valence electrons. The SMILES string of the molecule is FC(F)(F)c1ccc(-c2ccc(/C=C3/CCCN=C3c3cccnc3)o2)c(Cl)c1. The van der Waals surface area contributed by atoms with E-state index >= 15 is 0 Å². The number of aromatic nitrogens is 1. The first-order valence-electron chi connectivity index (χ1n) is 9.04. The molecule has 0 saturated heterocycles. The van der Waals surface area contributed by atoms with E-state index in [2.05, 4.69) is 9.98 Å². The van der Waals surface area contributed by atoms with Crippen molar-refractivity contribution in [1.82, 2.24) is 4.98 Å². The summed E-state index contributed by atoms with van der Waals surface area (Å²) in [5.41, 5.74) is 2.48. The Morgan fingerprint density at radius 1 is 1.10 bits per heavy atom. The van der Waals surface area contributed by atoms with Crippen LogP contribution in [0.3, 0.4) is 0 Å². The van der Waals surface area contributed by atoms with E-state index in [1.165, 1.54) is 6.07 Å². The predicted octanol–water partition coefficient (Wildman–Crippen LogP) is 6.68. The number of allylic oxidation sites excluding steroid dienone is 1. The molecule has 0 aliphatic carbocycles. The predicted molar refractivity (Wildman–Crippen MR) is 107 cm³/mol. The summed E-state index contributed by atoms with van der Waals surface area (Å²) >= 11 is 6.07. The zero-order chi connectivity index (χ0) is 20.4. The Morgan fingerprint density at radius 3 is 2.69 bits per heavy atom. The number of benzene rings is 1. The highest BCUT2D eigenvalue weighted by molar-refractivity contribution is 6.33. The van der Waals surface area contributed by atoms with Gasteiger partial charge >= 0.3 is 6.18 Å². The van der Waals surface area contributed by atoms with Crippen molar-refractivity contribution in [2.75, 3.05) is 6.54 Å². The van der Waals surface area contributed by atoms with Gasteiger partial charge in [-0.25, -0.2) is 0 Å². The molecule has 3 aromatic rings. The topological polar surface area (TPSA) is 38.4 Å². The first-order valence-corrected chi connectivity index (χ1v) is 9.42. The van der Waals surface area contributed by atoms with Gasteiger partial charge in [0.15, 0.2) is 0 Å². The van der Waals surface area contributed by atoms with Crippen LogP contribution in [0.5, 0.6) is 0 Å². The van der Waals surface area contributed by atoms with E-state index in [1.54, 1.807) is 24.5 Å². The Balaban J connectivity index is 1.64. The number of aliphatic imine (C=N–C) groups is 1. The lowest BCUT2D eigenvalue weighted by molar-refractivity contribution is -0.137. The summed E-state index contributed by atoms with van der Waals surface area (Å²) in [5.74, 6) is 0.996. The summed E-state index contributed by atoms with van der Waals surface area (Å²) in [5, 5.41) is -0.0105. The first-order chi connectivity index (χ1) is 13.9. The molecular weight excluding hydrogens is 401 g/mol. The van der Waals surface area contributed by atoms with Crippen molar-refractivity contribution in [3.05, 3.63) is 82.3 Å². The molecule has 0 bridgehead atoms. The fourth-order valence-corrected chi connectivity index (χ4v) is 3.51. The molecule has 0 radical (unpaired) electrons. The maximum absolute atomic E-state index is 12.8. The van der Waals surface area contributed by atoms with Crippen LogP contribution in [0.4, 0.5) is 13.2 Å². The van der Waals surface area contributed by atoms with Crippen LogP contribution < -0.4 is 0 Å². The molecule has 1 aliphatic rings. The fraction of sp³-hybridized carbons (Fsp3) is 0.182. The Kier molecular flexibility index (Phi) is 5.28. The standard InChI is InChI=1S/C22H16ClF3N2O/c23-19-12-16(22(24,25)26)5-7-18(19)20-8-6-17(29-20)11-14-3-2-10-28-21(14)15-4-1-9-27-13-15/h1,4-9,11-13H,2-3,10H2/b14-11-. The van der Waals surface area contributed by atoms with Crippen LogP contribution in [0, 0.1) is 0 Å². The van der Waals surface area contributed by atoms with Gasteiger partial charge < -0.3 is 4.42 Å². The molecule has 3 heterocycles.